The molecule has 0 atom stereocenters. The van der Waals surface area contributed by atoms with Crippen LogP contribution in [0.1, 0.15) is 0 Å². The van der Waals surface area contributed by atoms with Crippen molar-refractivity contribution in [2.24, 2.45) is 0 Å². The van der Waals surface area contributed by atoms with Gasteiger partial charge in [0.15, 0.2) is 0 Å². The van der Waals surface area contributed by atoms with Crippen LogP contribution >= 0.6 is 0 Å². The second-order valence-electron chi connectivity index (χ2n) is 22.0. The molecule has 0 aliphatic carbocycles. The predicted molar refractivity (Wildman–Crippen MR) is 348 cm³/mol. The maximum absolute atomic E-state index is 6.90. The Morgan fingerprint density at radius 1 is 0.202 bits per heavy atom. The van der Waals surface area contributed by atoms with Crippen LogP contribution in [0.2, 0.25) is 0 Å². The van der Waals surface area contributed by atoms with Gasteiger partial charge in [-0.15, -0.1) is 0 Å². The Kier molecular flexibility index (Phi) is 9.99. The molecule has 0 fully saturated rings. The first-order valence-corrected chi connectivity index (χ1v) is 28.4. The standard InChI is InChI=1S/C78H46N2O4/c1-3-16-55(17-4-1)79(59-32-34-65-73(45-59)81-69-38-36-63-67-41-50-13-7-8-14-51(50)43-71(67)83-77(63)75(65)69)57-28-24-47(25-29-57)52-22-23-53-42-68-64-37-39-70-76(78(64)84-72(68)44-54(53)40-52)66-35-33-60(46-74(66)82-70)80(56-18-5-2-6-19-56)58-30-26-49(27-31-58)62-21-11-15-48-12-9-10-20-61(48)62/h1-46H. The number of anilines is 6. The minimum absolute atomic E-state index is 0.786. The molecule has 0 radical (unpaired) electrons. The lowest BCUT2D eigenvalue weighted by atomic mass is 9.98. The normalized spacial score (nSPS) is 12.0. The summed E-state index contributed by atoms with van der Waals surface area (Å²) in [5.41, 5.74) is 17.3. The van der Waals surface area contributed by atoms with E-state index in [0.29, 0.717) is 0 Å². The highest BCUT2D eigenvalue weighted by atomic mass is 16.4. The lowest BCUT2D eigenvalue weighted by molar-refractivity contribution is 0.662. The van der Waals surface area contributed by atoms with E-state index >= 15 is 0 Å². The van der Waals surface area contributed by atoms with Gasteiger partial charge in [-0.3, -0.25) is 0 Å². The predicted octanol–water partition coefficient (Wildman–Crippen LogP) is 23.0. The summed E-state index contributed by atoms with van der Waals surface area (Å²) in [4.78, 5) is 4.57. The monoisotopic (exact) mass is 1070 g/mol. The van der Waals surface area contributed by atoms with Gasteiger partial charge in [-0.05, 0) is 182 Å². The van der Waals surface area contributed by atoms with Crippen LogP contribution in [0.3, 0.4) is 0 Å². The largest absolute Gasteiger partial charge is 0.456 e. The molecule has 0 spiro atoms. The van der Waals surface area contributed by atoms with Crippen molar-refractivity contribution in [3.8, 4) is 22.3 Å². The lowest BCUT2D eigenvalue weighted by Crippen LogP contribution is -2.09. The van der Waals surface area contributed by atoms with Gasteiger partial charge in [0.2, 0.25) is 0 Å². The first kappa shape index (κ1) is 46.4. The highest BCUT2D eigenvalue weighted by Crippen LogP contribution is 2.46. The number of hydrogen-bond acceptors (Lipinski definition) is 6. The fourth-order valence-corrected chi connectivity index (χ4v) is 13.2. The molecule has 0 aliphatic heterocycles. The molecule has 18 aromatic rings. The first-order chi connectivity index (χ1) is 41.6. The van der Waals surface area contributed by atoms with E-state index in [2.05, 4.69) is 289 Å². The molecule has 18 rings (SSSR count). The zero-order valence-electron chi connectivity index (χ0n) is 45.1. The average Bonchev–Trinajstić information content (AvgIpc) is 4.51. The number of nitrogens with zero attached hydrogens (tertiary/aromatic N) is 2. The molecule has 0 aliphatic rings. The second kappa shape index (κ2) is 18.1. The zero-order valence-corrected chi connectivity index (χ0v) is 45.1. The molecule has 0 N–H and O–H groups in total. The number of benzene rings is 14. The highest BCUT2D eigenvalue weighted by molar-refractivity contribution is 6.25. The van der Waals surface area contributed by atoms with Crippen molar-refractivity contribution in [3.05, 3.63) is 279 Å². The van der Waals surface area contributed by atoms with Crippen molar-refractivity contribution in [2.75, 3.05) is 9.80 Å². The number of hydrogen-bond donors (Lipinski definition) is 0. The van der Waals surface area contributed by atoms with E-state index in [1.807, 2.05) is 0 Å². The van der Waals surface area contributed by atoms with Gasteiger partial charge in [-0.2, -0.15) is 0 Å². The maximum Gasteiger partial charge on any atom is 0.147 e. The van der Waals surface area contributed by atoms with E-state index in [1.165, 1.54) is 27.3 Å². The topological polar surface area (TPSA) is 59.0 Å². The van der Waals surface area contributed by atoms with E-state index in [4.69, 9.17) is 17.7 Å². The summed E-state index contributed by atoms with van der Waals surface area (Å²) in [6.45, 7) is 0. The minimum Gasteiger partial charge on any atom is -0.456 e. The van der Waals surface area contributed by atoms with Crippen LogP contribution in [0, 0.1) is 0 Å². The highest BCUT2D eigenvalue weighted by Gasteiger charge is 2.23. The molecule has 14 aromatic carbocycles. The van der Waals surface area contributed by atoms with E-state index < -0.39 is 0 Å². The van der Waals surface area contributed by atoms with Crippen molar-refractivity contribution in [1.29, 1.82) is 0 Å². The van der Waals surface area contributed by atoms with Gasteiger partial charge in [-0.1, -0.05) is 140 Å². The van der Waals surface area contributed by atoms with E-state index in [-0.39, 0.29) is 0 Å². The summed E-state index contributed by atoms with van der Waals surface area (Å²) in [7, 11) is 0. The molecule has 0 unspecified atom stereocenters. The third-order valence-corrected chi connectivity index (χ3v) is 17.2. The Balaban J connectivity index is 0.672. The summed E-state index contributed by atoms with van der Waals surface area (Å²) in [5.74, 6) is 0. The fraction of sp³-hybridized carbons (Fsp3) is 0. The summed E-state index contributed by atoms with van der Waals surface area (Å²) < 4.78 is 26.9. The molecule has 6 nitrogen and oxygen atoms in total. The Bertz CT molecular complexity index is 5670. The van der Waals surface area contributed by atoms with Crippen LogP contribution in [0.15, 0.2) is 297 Å². The molecule has 4 heterocycles. The van der Waals surface area contributed by atoms with Crippen molar-refractivity contribution < 1.29 is 17.7 Å². The third-order valence-electron chi connectivity index (χ3n) is 17.2. The molecule has 0 amide bonds. The Morgan fingerprint density at radius 2 is 0.631 bits per heavy atom. The van der Waals surface area contributed by atoms with E-state index in [0.717, 1.165) is 149 Å². The minimum atomic E-state index is 0.786. The second-order valence-corrected chi connectivity index (χ2v) is 22.0. The number of furan rings is 4. The number of para-hydroxylation sites is 2. The van der Waals surface area contributed by atoms with Gasteiger partial charge in [0.05, 0.1) is 10.8 Å². The van der Waals surface area contributed by atoms with Gasteiger partial charge in [-0.25, -0.2) is 0 Å². The Labute approximate surface area is 480 Å². The van der Waals surface area contributed by atoms with Gasteiger partial charge in [0, 0.05) is 78.6 Å². The molecule has 6 heteroatoms. The maximum atomic E-state index is 6.90. The van der Waals surface area contributed by atoms with Crippen LogP contribution in [-0.4, -0.2) is 0 Å². The lowest BCUT2D eigenvalue weighted by Gasteiger charge is -2.25. The Hall–Kier alpha value is -11.3. The summed E-state index contributed by atoms with van der Waals surface area (Å²) >= 11 is 0. The van der Waals surface area contributed by atoms with Crippen molar-refractivity contribution in [1.82, 2.24) is 0 Å². The molecular formula is C78H46N2O4. The zero-order chi connectivity index (χ0) is 55.0. The van der Waals surface area contributed by atoms with Gasteiger partial charge in [0.1, 0.15) is 44.7 Å². The van der Waals surface area contributed by atoms with Gasteiger partial charge >= 0.3 is 0 Å². The molecule has 0 saturated carbocycles. The smallest absolute Gasteiger partial charge is 0.147 e. The molecule has 0 bridgehead atoms. The van der Waals surface area contributed by atoms with Crippen LogP contribution in [-0.2, 0) is 0 Å². The quantitative estimate of drug-likeness (QED) is 0.151. The van der Waals surface area contributed by atoms with E-state index in [9.17, 15) is 0 Å². The number of fused-ring (bicyclic) bond motifs is 17. The van der Waals surface area contributed by atoms with Crippen molar-refractivity contribution in [2.45, 2.75) is 0 Å². The summed E-state index contributed by atoms with van der Waals surface area (Å²) in [6, 6.07) is 99.1. The fourth-order valence-electron chi connectivity index (χ4n) is 13.2. The number of rotatable bonds is 8. The van der Waals surface area contributed by atoms with Crippen LogP contribution in [0.4, 0.5) is 34.1 Å². The molecule has 84 heavy (non-hydrogen) atoms. The molecular weight excluding hydrogens is 1030 g/mol. The Morgan fingerprint density at radius 3 is 1.21 bits per heavy atom. The first-order valence-electron chi connectivity index (χ1n) is 28.4. The van der Waals surface area contributed by atoms with Gasteiger partial charge in [0.25, 0.3) is 0 Å². The molecule has 4 aromatic heterocycles. The molecule has 0 saturated heterocycles. The van der Waals surface area contributed by atoms with E-state index in [1.54, 1.807) is 0 Å². The average molecular weight is 1080 g/mol. The van der Waals surface area contributed by atoms with Crippen molar-refractivity contribution >= 4 is 154 Å². The molecule has 392 valence electrons. The third kappa shape index (κ3) is 7.24. The summed E-state index contributed by atoms with van der Waals surface area (Å²) in [5, 5.41) is 15.4. The van der Waals surface area contributed by atoms with Crippen LogP contribution < -0.4 is 9.80 Å². The van der Waals surface area contributed by atoms with Crippen LogP contribution in [0.5, 0.6) is 0 Å². The van der Waals surface area contributed by atoms with Crippen molar-refractivity contribution in [3.63, 3.8) is 0 Å². The van der Waals surface area contributed by atoms with Crippen LogP contribution in [0.25, 0.3) is 142 Å². The van der Waals surface area contributed by atoms with Gasteiger partial charge < -0.3 is 27.5 Å². The SMILES string of the molecule is c1ccc(N(c2ccc(-c3ccc4cc5c(cc4c3)oc3c5ccc4oc5cc(N(c6ccccc6)c6ccc(-c7cccc8ccccc78)cc6)ccc5c43)cc2)c2ccc3c(c2)oc2ccc4c5cc6ccccc6cc5oc4c23)cc1. The summed E-state index contributed by atoms with van der Waals surface area (Å²) in [6.07, 6.45) is 0.